The third-order valence-corrected chi connectivity index (χ3v) is 4.83. The maximum Gasteiger partial charge on any atom is 0.236 e. The number of benzene rings is 1. The van der Waals surface area contributed by atoms with Crippen molar-refractivity contribution in [2.75, 3.05) is 6.54 Å². The Hall–Kier alpha value is -1.87. The van der Waals surface area contributed by atoms with Gasteiger partial charge in [0, 0.05) is 6.54 Å². The molecule has 144 valence electrons. The van der Waals surface area contributed by atoms with E-state index in [1.165, 1.54) is 11.1 Å². The molecule has 0 bridgehead atoms. The monoisotopic (exact) mass is 496 g/mol. The van der Waals surface area contributed by atoms with Gasteiger partial charge in [-0.3, -0.25) is 0 Å². The standard InChI is InChI=1S/C20H24N4OS.HI/c1-3-15-8-5-6-9-16(15)12-22-20(21-4-2)23-13-17-14-25-19(24-17)18-10-7-11-26-18;/h5-11,14H,3-4,12-13H2,1-2H3,(H2,21,22,23);1H. The normalized spacial score (nSPS) is 11.1. The zero-order chi connectivity index (χ0) is 18.2. The lowest BCUT2D eigenvalue weighted by Crippen LogP contribution is -2.36. The Balaban J connectivity index is 0.00000261. The summed E-state index contributed by atoms with van der Waals surface area (Å²) in [6.45, 7) is 6.25. The molecule has 3 rings (SSSR count). The summed E-state index contributed by atoms with van der Waals surface area (Å²) in [5, 5.41) is 8.62. The molecule has 2 heterocycles. The van der Waals surface area contributed by atoms with Crippen molar-refractivity contribution in [3.63, 3.8) is 0 Å². The third kappa shape index (κ3) is 6.07. The molecule has 0 aliphatic heterocycles. The molecule has 0 aliphatic carbocycles. The number of hydrogen-bond donors (Lipinski definition) is 2. The van der Waals surface area contributed by atoms with E-state index < -0.39 is 0 Å². The number of halogens is 1. The van der Waals surface area contributed by atoms with Crippen LogP contribution in [0.2, 0.25) is 0 Å². The van der Waals surface area contributed by atoms with Crippen LogP contribution in [0, 0.1) is 0 Å². The van der Waals surface area contributed by atoms with Crippen LogP contribution in [0.1, 0.15) is 30.7 Å². The van der Waals surface area contributed by atoms with E-state index in [0.717, 1.165) is 29.5 Å². The molecule has 1 aromatic carbocycles. The van der Waals surface area contributed by atoms with Gasteiger partial charge in [-0.1, -0.05) is 37.3 Å². The maximum atomic E-state index is 5.56. The highest BCUT2D eigenvalue weighted by Crippen LogP contribution is 2.23. The van der Waals surface area contributed by atoms with Crippen LogP contribution >= 0.6 is 35.3 Å². The van der Waals surface area contributed by atoms with Crippen molar-refractivity contribution in [3.8, 4) is 10.8 Å². The van der Waals surface area contributed by atoms with E-state index in [1.54, 1.807) is 17.6 Å². The summed E-state index contributed by atoms with van der Waals surface area (Å²) in [5.41, 5.74) is 3.45. The number of nitrogens with one attached hydrogen (secondary N) is 2. The number of hydrogen-bond acceptors (Lipinski definition) is 4. The summed E-state index contributed by atoms with van der Waals surface area (Å²) in [7, 11) is 0. The molecule has 3 aromatic rings. The minimum atomic E-state index is 0. The molecule has 2 N–H and O–H groups in total. The Morgan fingerprint density at radius 3 is 2.63 bits per heavy atom. The predicted molar refractivity (Wildman–Crippen MR) is 123 cm³/mol. The van der Waals surface area contributed by atoms with E-state index in [9.17, 15) is 0 Å². The first-order chi connectivity index (χ1) is 12.8. The quantitative estimate of drug-likeness (QED) is 0.279. The van der Waals surface area contributed by atoms with E-state index in [-0.39, 0.29) is 24.0 Å². The smallest absolute Gasteiger partial charge is 0.236 e. The minimum absolute atomic E-state index is 0. The molecule has 5 nitrogen and oxygen atoms in total. The number of aromatic nitrogens is 1. The molecule has 0 aliphatic rings. The molecule has 0 fully saturated rings. The van der Waals surface area contributed by atoms with Crippen molar-refractivity contribution in [2.24, 2.45) is 4.99 Å². The van der Waals surface area contributed by atoms with Crippen LogP contribution in [-0.4, -0.2) is 17.5 Å². The van der Waals surface area contributed by atoms with Gasteiger partial charge in [0.15, 0.2) is 5.96 Å². The van der Waals surface area contributed by atoms with Crippen LogP contribution < -0.4 is 10.6 Å². The van der Waals surface area contributed by atoms with Crippen LogP contribution in [0.3, 0.4) is 0 Å². The van der Waals surface area contributed by atoms with Gasteiger partial charge in [0.1, 0.15) is 6.26 Å². The largest absolute Gasteiger partial charge is 0.443 e. The van der Waals surface area contributed by atoms with Gasteiger partial charge in [-0.05, 0) is 35.9 Å². The van der Waals surface area contributed by atoms with Gasteiger partial charge in [-0.15, -0.1) is 35.3 Å². The van der Waals surface area contributed by atoms with Crippen molar-refractivity contribution >= 4 is 41.3 Å². The predicted octanol–water partition coefficient (Wildman–Crippen LogP) is 4.84. The second-order valence-corrected chi connectivity index (χ2v) is 6.74. The first-order valence-corrected chi connectivity index (χ1v) is 9.75. The molecule has 2 aromatic heterocycles. The molecule has 0 saturated carbocycles. The average Bonchev–Trinajstić information content (AvgIpc) is 3.35. The number of rotatable bonds is 7. The van der Waals surface area contributed by atoms with Crippen LogP contribution in [0.15, 0.2) is 57.5 Å². The highest BCUT2D eigenvalue weighted by molar-refractivity contribution is 14.0. The van der Waals surface area contributed by atoms with Gasteiger partial charge in [-0.25, -0.2) is 9.98 Å². The van der Waals surface area contributed by atoms with Crippen LogP contribution in [0.5, 0.6) is 0 Å². The number of oxazole rings is 1. The molecule has 0 radical (unpaired) electrons. The third-order valence-electron chi connectivity index (χ3n) is 3.97. The lowest BCUT2D eigenvalue weighted by molar-refractivity contribution is 0.573. The number of aryl methyl sites for hydroxylation is 1. The SMILES string of the molecule is CCNC(=NCc1ccccc1CC)NCc1coc(-c2cccs2)n1.I. The van der Waals surface area contributed by atoms with Gasteiger partial charge in [0.2, 0.25) is 5.89 Å². The Morgan fingerprint density at radius 2 is 1.93 bits per heavy atom. The Labute approximate surface area is 181 Å². The van der Waals surface area contributed by atoms with Crippen molar-refractivity contribution in [3.05, 3.63) is 64.9 Å². The number of aliphatic imine (C=N–C) groups is 1. The maximum absolute atomic E-state index is 5.56. The van der Waals surface area contributed by atoms with Crippen LogP contribution in [-0.2, 0) is 19.5 Å². The molecular weight excluding hydrogens is 471 g/mol. The summed E-state index contributed by atoms with van der Waals surface area (Å²) < 4.78 is 5.56. The van der Waals surface area contributed by atoms with Gasteiger partial charge >= 0.3 is 0 Å². The molecule has 0 amide bonds. The van der Waals surface area contributed by atoms with Gasteiger partial charge in [0.05, 0.1) is 23.7 Å². The average molecular weight is 496 g/mol. The Bertz CT molecular complexity index is 845. The first kappa shape index (κ1) is 21.4. The summed E-state index contributed by atoms with van der Waals surface area (Å²) in [6, 6.07) is 12.4. The molecule has 0 atom stereocenters. The fourth-order valence-electron chi connectivity index (χ4n) is 2.64. The van der Waals surface area contributed by atoms with Crippen molar-refractivity contribution in [1.29, 1.82) is 0 Å². The van der Waals surface area contributed by atoms with Crippen molar-refractivity contribution < 1.29 is 4.42 Å². The first-order valence-electron chi connectivity index (χ1n) is 8.87. The second kappa shape index (κ2) is 11.1. The summed E-state index contributed by atoms with van der Waals surface area (Å²) >= 11 is 1.62. The molecule has 7 heteroatoms. The van der Waals surface area contributed by atoms with E-state index in [4.69, 9.17) is 9.41 Å². The van der Waals surface area contributed by atoms with Crippen LogP contribution in [0.25, 0.3) is 10.8 Å². The molecule has 27 heavy (non-hydrogen) atoms. The Kier molecular flexibility index (Phi) is 8.80. The zero-order valence-electron chi connectivity index (χ0n) is 15.6. The van der Waals surface area contributed by atoms with Gasteiger partial charge in [-0.2, -0.15) is 0 Å². The number of nitrogens with zero attached hydrogens (tertiary/aromatic N) is 2. The van der Waals surface area contributed by atoms with E-state index in [1.807, 2.05) is 17.5 Å². The fourth-order valence-corrected chi connectivity index (χ4v) is 3.29. The molecule has 0 saturated heterocycles. The Morgan fingerprint density at radius 1 is 1.11 bits per heavy atom. The minimum Gasteiger partial charge on any atom is -0.443 e. The van der Waals surface area contributed by atoms with E-state index in [0.29, 0.717) is 19.0 Å². The number of guanidine groups is 1. The zero-order valence-corrected chi connectivity index (χ0v) is 18.7. The molecule has 0 spiro atoms. The van der Waals surface area contributed by atoms with Gasteiger partial charge < -0.3 is 15.1 Å². The summed E-state index contributed by atoms with van der Waals surface area (Å²) in [6.07, 6.45) is 2.71. The summed E-state index contributed by atoms with van der Waals surface area (Å²) in [5.74, 6) is 1.44. The van der Waals surface area contributed by atoms with E-state index >= 15 is 0 Å². The molecular formula is C20H25IN4OS. The van der Waals surface area contributed by atoms with Crippen molar-refractivity contribution in [1.82, 2.24) is 15.6 Å². The second-order valence-electron chi connectivity index (χ2n) is 5.79. The van der Waals surface area contributed by atoms with Gasteiger partial charge in [0.25, 0.3) is 0 Å². The highest BCUT2D eigenvalue weighted by atomic mass is 127. The lowest BCUT2D eigenvalue weighted by atomic mass is 10.1. The molecule has 0 unspecified atom stereocenters. The lowest BCUT2D eigenvalue weighted by Gasteiger charge is -2.11. The highest BCUT2D eigenvalue weighted by Gasteiger charge is 2.08. The fraction of sp³-hybridized carbons (Fsp3) is 0.300. The summed E-state index contributed by atoms with van der Waals surface area (Å²) in [4.78, 5) is 10.3. The topological polar surface area (TPSA) is 62.5 Å². The van der Waals surface area contributed by atoms with Crippen LogP contribution in [0.4, 0.5) is 0 Å². The van der Waals surface area contributed by atoms with E-state index in [2.05, 4.69) is 53.7 Å². The van der Waals surface area contributed by atoms with Crippen molar-refractivity contribution in [2.45, 2.75) is 33.4 Å². The number of thiophene rings is 1.